The molecule has 6 aromatic carbocycles. The maximum Gasteiger partial charge on any atom is 0.327 e. The quantitative estimate of drug-likeness (QED) is 0.0899. The van der Waals surface area contributed by atoms with E-state index in [1.54, 1.807) is 6.92 Å². The molecule has 0 spiro atoms. The fourth-order valence-electron chi connectivity index (χ4n) is 5.57. The Morgan fingerprint density at radius 2 is 0.877 bits per heavy atom. The number of rotatable bonds is 11. The standard InChI is InChI=1S/C16H18.C9H12.C8H10.C7H12O6S.2C7H8.C4H8O2.C2H6O3S/c1-13-9-11-15(12-10-13)16(2,3)14-7-5-4-6-8-14;1-8(2)9-6-4-3-5-7-9;1-2-8-6-4-3-5-7-8;1-5(8)4-6(7(9)12-2)14(10,11)13-3;2*1-7-5-3-2-4-6-7;1-3-4(5)6-2;1-5-6(2,3)4/h4-12H,1-3H3;3-8H,1-2H3;3-7H,2H2,1H3;6H,4H2,1-3H3;2*2-6H,1H3;3H2,1-2H3;1-2H3. The van der Waals surface area contributed by atoms with E-state index in [-0.39, 0.29) is 11.4 Å². The topological polar surface area (TPSA) is 156 Å². The number of ether oxygens (including phenoxy) is 2. The van der Waals surface area contributed by atoms with Gasteiger partial charge in [-0.2, -0.15) is 16.8 Å². The highest BCUT2D eigenvalue weighted by Gasteiger charge is 2.35. The van der Waals surface area contributed by atoms with Crippen LogP contribution in [0.3, 0.4) is 0 Å². The lowest BCUT2D eigenvalue weighted by Crippen LogP contribution is -2.33. The molecule has 400 valence electrons. The SMILES string of the molecule is CC(C)c1ccccc1.CCC(=O)OC.CCc1ccccc1.COC(=O)C(CC(C)=O)S(=O)(=O)OC.COS(C)(=O)=O.Cc1ccc(C(C)(C)c2ccccc2)cc1.Cc1ccccc1.Cc1ccccc1. The minimum Gasteiger partial charge on any atom is -0.469 e. The summed E-state index contributed by atoms with van der Waals surface area (Å²) in [5, 5.41) is -1.57. The average molecular weight is 1040 g/mol. The average Bonchev–Trinajstić information content (AvgIpc) is 3.39. The third-order valence-corrected chi connectivity index (χ3v) is 12.3. The molecule has 0 radical (unpaired) electrons. The number of aryl methyl sites for hydroxylation is 4. The summed E-state index contributed by atoms with van der Waals surface area (Å²) in [6.07, 6.45) is 2.16. The molecule has 6 aromatic rings. The summed E-state index contributed by atoms with van der Waals surface area (Å²) in [7, 11) is -2.76. The van der Waals surface area contributed by atoms with E-state index in [9.17, 15) is 31.2 Å². The summed E-state index contributed by atoms with van der Waals surface area (Å²) in [5.41, 5.74) is 9.58. The Morgan fingerprint density at radius 1 is 0.521 bits per heavy atom. The Balaban J connectivity index is 0. The summed E-state index contributed by atoms with van der Waals surface area (Å²) in [5.74, 6) is -0.927. The van der Waals surface area contributed by atoms with E-state index in [2.05, 4.69) is 201 Å². The van der Waals surface area contributed by atoms with E-state index >= 15 is 0 Å². The van der Waals surface area contributed by atoms with Gasteiger partial charge in [-0.15, -0.1) is 0 Å². The van der Waals surface area contributed by atoms with Crippen molar-refractivity contribution in [2.45, 2.75) is 105 Å². The number of hydrogen-bond acceptors (Lipinski definition) is 11. The molecule has 6 rings (SSSR count). The normalized spacial score (nSPS) is 10.6. The van der Waals surface area contributed by atoms with Crippen LogP contribution in [0.5, 0.6) is 0 Å². The van der Waals surface area contributed by atoms with Gasteiger partial charge in [0.25, 0.3) is 20.2 Å². The Bertz CT molecular complexity index is 2510. The lowest BCUT2D eigenvalue weighted by Gasteiger charge is -2.26. The zero-order chi connectivity index (χ0) is 55.9. The van der Waals surface area contributed by atoms with E-state index in [0.29, 0.717) is 12.3 Å². The lowest BCUT2D eigenvalue weighted by atomic mass is 9.78. The number of esters is 2. The molecule has 0 aliphatic rings. The van der Waals surface area contributed by atoms with E-state index in [1.165, 1.54) is 53.0 Å². The van der Waals surface area contributed by atoms with Crippen molar-refractivity contribution in [1.82, 2.24) is 0 Å². The molecule has 0 saturated heterocycles. The molecular weight excluding hydrogens is 961 g/mol. The summed E-state index contributed by atoms with van der Waals surface area (Å²) in [4.78, 5) is 31.7. The van der Waals surface area contributed by atoms with Gasteiger partial charge < -0.3 is 9.47 Å². The van der Waals surface area contributed by atoms with Crippen LogP contribution >= 0.6 is 0 Å². The third-order valence-electron chi connectivity index (χ3n) is 10.2. The van der Waals surface area contributed by atoms with Gasteiger partial charge in [-0.05, 0) is 62.3 Å². The van der Waals surface area contributed by atoms with Gasteiger partial charge in [0.1, 0.15) is 5.78 Å². The second-order valence-electron chi connectivity index (χ2n) is 16.9. The van der Waals surface area contributed by atoms with Crippen LogP contribution in [0.25, 0.3) is 0 Å². The number of ketones is 1. The van der Waals surface area contributed by atoms with Crippen LogP contribution < -0.4 is 0 Å². The van der Waals surface area contributed by atoms with Crippen molar-refractivity contribution in [3.8, 4) is 0 Å². The van der Waals surface area contributed by atoms with Gasteiger partial charge in [0, 0.05) is 18.3 Å². The molecule has 73 heavy (non-hydrogen) atoms. The summed E-state index contributed by atoms with van der Waals surface area (Å²) >= 11 is 0. The van der Waals surface area contributed by atoms with Crippen LogP contribution in [0, 0.1) is 20.8 Å². The minimum absolute atomic E-state index is 0.0783. The van der Waals surface area contributed by atoms with Gasteiger partial charge >= 0.3 is 11.9 Å². The molecule has 0 aromatic heterocycles. The van der Waals surface area contributed by atoms with E-state index in [1.807, 2.05) is 48.5 Å². The highest BCUT2D eigenvalue weighted by molar-refractivity contribution is 7.88. The molecule has 0 aliphatic carbocycles. The maximum atomic E-state index is 11.2. The van der Waals surface area contributed by atoms with Crippen LogP contribution in [0.15, 0.2) is 176 Å². The Labute approximate surface area is 439 Å². The first-order chi connectivity index (χ1) is 34.3. The number of hydrogen-bond donors (Lipinski definition) is 0. The maximum absolute atomic E-state index is 11.2. The van der Waals surface area contributed by atoms with Crippen molar-refractivity contribution in [2.24, 2.45) is 0 Å². The summed E-state index contributed by atoms with van der Waals surface area (Å²) in [6.45, 7) is 20.3. The number of methoxy groups -OCH3 is 2. The van der Waals surface area contributed by atoms with Crippen molar-refractivity contribution in [3.05, 3.63) is 215 Å². The molecule has 0 N–H and O–H groups in total. The van der Waals surface area contributed by atoms with Crippen molar-refractivity contribution < 1.29 is 49.1 Å². The van der Waals surface area contributed by atoms with Crippen LogP contribution in [0.2, 0.25) is 0 Å². The molecule has 0 heterocycles. The van der Waals surface area contributed by atoms with E-state index in [4.69, 9.17) is 0 Å². The number of carbonyl (C=O) groups excluding carboxylic acids is 3. The van der Waals surface area contributed by atoms with Crippen LogP contribution in [-0.4, -0.2) is 74.5 Å². The van der Waals surface area contributed by atoms with Crippen molar-refractivity contribution in [1.29, 1.82) is 0 Å². The van der Waals surface area contributed by atoms with Gasteiger partial charge in [-0.3, -0.25) is 22.7 Å². The zero-order valence-electron chi connectivity index (χ0n) is 45.8. The minimum atomic E-state index is -4.06. The predicted octanol–water partition coefficient (Wildman–Crippen LogP) is 13.0. The third kappa shape index (κ3) is 34.7. The number of Topliss-reactive ketones (excluding diaryl/α,β-unsaturated/α-hetero) is 1. The first-order valence-electron chi connectivity index (χ1n) is 23.8. The van der Waals surface area contributed by atoms with Gasteiger partial charge in [-0.25, -0.2) is 0 Å². The molecule has 1 atom stereocenters. The molecular formula is C60H82O11S2. The Kier molecular flexibility index (Phi) is 37.1. The van der Waals surface area contributed by atoms with E-state index < -0.39 is 43.7 Å². The lowest BCUT2D eigenvalue weighted by molar-refractivity contribution is -0.141. The molecule has 0 amide bonds. The largest absolute Gasteiger partial charge is 0.469 e. The first kappa shape index (κ1) is 68.8. The van der Waals surface area contributed by atoms with Crippen molar-refractivity contribution in [2.75, 3.05) is 34.7 Å². The summed E-state index contributed by atoms with van der Waals surface area (Å²) < 4.78 is 58.4. The van der Waals surface area contributed by atoms with Crippen LogP contribution in [0.1, 0.15) is 106 Å². The fourth-order valence-corrected chi connectivity index (χ4v) is 6.57. The Morgan fingerprint density at radius 3 is 1.12 bits per heavy atom. The van der Waals surface area contributed by atoms with Gasteiger partial charge in [0.15, 0.2) is 5.25 Å². The van der Waals surface area contributed by atoms with Gasteiger partial charge in [0.05, 0.1) is 34.7 Å². The van der Waals surface area contributed by atoms with Crippen LogP contribution in [-0.2, 0) is 64.3 Å². The summed E-state index contributed by atoms with van der Waals surface area (Å²) in [6, 6.07) is 61.0. The molecule has 1 unspecified atom stereocenters. The van der Waals surface area contributed by atoms with Crippen molar-refractivity contribution >= 4 is 38.0 Å². The molecule has 0 fully saturated rings. The highest BCUT2D eigenvalue weighted by atomic mass is 32.2. The van der Waals surface area contributed by atoms with Crippen molar-refractivity contribution in [3.63, 3.8) is 0 Å². The molecule has 11 nitrogen and oxygen atoms in total. The molecule has 0 saturated carbocycles. The zero-order valence-corrected chi connectivity index (χ0v) is 47.5. The second kappa shape index (κ2) is 39.3. The Hall–Kier alpha value is -6.25. The monoisotopic (exact) mass is 1040 g/mol. The smallest absolute Gasteiger partial charge is 0.327 e. The number of benzene rings is 6. The first-order valence-corrected chi connectivity index (χ1v) is 27.1. The molecule has 13 heteroatoms. The highest BCUT2D eigenvalue weighted by Crippen LogP contribution is 2.31. The van der Waals surface area contributed by atoms with Crippen LogP contribution in [0.4, 0.5) is 0 Å². The molecule has 0 bridgehead atoms. The predicted molar refractivity (Wildman–Crippen MR) is 300 cm³/mol. The second-order valence-corrected chi connectivity index (χ2v) is 20.6. The van der Waals surface area contributed by atoms with Gasteiger partial charge in [-0.1, -0.05) is 234 Å². The molecule has 0 aliphatic heterocycles. The fraction of sp³-hybridized carbons (Fsp3) is 0.350. The van der Waals surface area contributed by atoms with E-state index in [0.717, 1.165) is 34.0 Å². The number of carbonyl (C=O) groups is 3. The van der Waals surface area contributed by atoms with Gasteiger partial charge in [0.2, 0.25) is 0 Å².